The minimum atomic E-state index is 0.350. The number of hydrogen-bond donors (Lipinski definition) is 0. The zero-order chi connectivity index (χ0) is 8.60. The molecule has 0 saturated heterocycles. The monoisotopic (exact) mass is 185 g/mol. The van der Waals surface area contributed by atoms with E-state index in [1.54, 1.807) is 6.33 Å². The second-order valence-electron chi connectivity index (χ2n) is 3.61. The first-order valence-electron chi connectivity index (χ1n) is 4.15. The molecule has 1 heterocycles. The van der Waals surface area contributed by atoms with Crippen LogP contribution in [0.15, 0.2) is 6.33 Å². The number of halogens is 1. The van der Waals surface area contributed by atoms with E-state index >= 15 is 0 Å². The summed E-state index contributed by atoms with van der Waals surface area (Å²) in [4.78, 5) is 4.18. The summed E-state index contributed by atoms with van der Waals surface area (Å²) in [6.07, 6.45) is 5.05. The number of hydrogen-bond acceptors (Lipinski definition) is 2. The average Bonchev–Trinajstić information content (AvgIpc) is 2.74. The van der Waals surface area contributed by atoms with E-state index in [1.165, 1.54) is 12.8 Å². The first-order chi connectivity index (χ1) is 5.76. The predicted molar refractivity (Wildman–Crippen MR) is 47.1 cm³/mol. The second kappa shape index (κ2) is 2.73. The molecule has 12 heavy (non-hydrogen) atoms. The Hall–Kier alpha value is -0.570. The Balaban J connectivity index is 2.08. The Labute approximate surface area is 76.7 Å². The molecule has 2 rings (SSSR count). The molecule has 1 aliphatic rings. The number of rotatable bonds is 3. The molecule has 66 valence electrons. The molecule has 1 aliphatic carbocycles. The Morgan fingerprint density at radius 1 is 1.67 bits per heavy atom. The first kappa shape index (κ1) is 8.05. The molecule has 1 fully saturated rings. The van der Waals surface area contributed by atoms with Crippen molar-refractivity contribution < 1.29 is 0 Å². The van der Waals surface area contributed by atoms with Crippen LogP contribution in [0.25, 0.3) is 0 Å². The summed E-state index contributed by atoms with van der Waals surface area (Å²) in [6.45, 7) is 0. The highest BCUT2D eigenvalue weighted by molar-refractivity contribution is 6.18. The topological polar surface area (TPSA) is 30.7 Å². The quantitative estimate of drug-likeness (QED) is 0.667. The van der Waals surface area contributed by atoms with E-state index in [1.807, 2.05) is 11.7 Å². The van der Waals surface area contributed by atoms with Crippen LogP contribution in [0, 0.1) is 5.41 Å². The lowest BCUT2D eigenvalue weighted by Gasteiger charge is -2.08. The smallest absolute Gasteiger partial charge is 0.138 e. The lowest BCUT2D eigenvalue weighted by atomic mass is 10.1. The molecule has 0 bridgehead atoms. The molecule has 1 saturated carbocycles. The second-order valence-corrected chi connectivity index (χ2v) is 3.88. The lowest BCUT2D eigenvalue weighted by molar-refractivity contribution is 0.533. The fourth-order valence-corrected chi connectivity index (χ4v) is 1.71. The van der Waals surface area contributed by atoms with Gasteiger partial charge in [-0.1, -0.05) is 0 Å². The average molecular weight is 186 g/mol. The molecule has 4 heteroatoms. The summed E-state index contributed by atoms with van der Waals surface area (Å²) in [5.74, 6) is 1.80. The van der Waals surface area contributed by atoms with Crippen molar-refractivity contribution in [3.05, 3.63) is 12.2 Å². The largest absolute Gasteiger partial charge is 0.253 e. The third kappa shape index (κ3) is 1.33. The normalized spacial score (nSPS) is 19.5. The van der Waals surface area contributed by atoms with Crippen LogP contribution in [0.5, 0.6) is 0 Å². The van der Waals surface area contributed by atoms with Crippen molar-refractivity contribution in [3.63, 3.8) is 0 Å². The van der Waals surface area contributed by atoms with Gasteiger partial charge in [-0.2, -0.15) is 5.10 Å². The van der Waals surface area contributed by atoms with E-state index in [9.17, 15) is 0 Å². The predicted octanol–water partition coefficient (Wildman–Crippen LogP) is 1.38. The van der Waals surface area contributed by atoms with Crippen molar-refractivity contribution >= 4 is 11.6 Å². The molecular formula is C8H12ClN3. The third-order valence-electron chi connectivity index (χ3n) is 2.58. The number of aryl methyl sites for hydroxylation is 1. The van der Waals surface area contributed by atoms with Crippen LogP contribution in [-0.4, -0.2) is 20.6 Å². The highest BCUT2D eigenvalue weighted by Crippen LogP contribution is 2.48. The summed E-state index contributed by atoms with van der Waals surface area (Å²) < 4.78 is 1.83. The van der Waals surface area contributed by atoms with Gasteiger partial charge in [0.1, 0.15) is 12.2 Å². The molecule has 0 unspecified atom stereocenters. The van der Waals surface area contributed by atoms with Crippen molar-refractivity contribution in [2.45, 2.75) is 19.3 Å². The fourth-order valence-electron chi connectivity index (χ4n) is 1.35. The number of alkyl halides is 1. The van der Waals surface area contributed by atoms with Gasteiger partial charge in [-0.15, -0.1) is 11.6 Å². The van der Waals surface area contributed by atoms with Gasteiger partial charge in [0.05, 0.1) is 0 Å². The molecule has 0 aliphatic heterocycles. The van der Waals surface area contributed by atoms with Gasteiger partial charge >= 0.3 is 0 Å². The summed E-state index contributed by atoms with van der Waals surface area (Å²) in [7, 11) is 1.92. The van der Waals surface area contributed by atoms with E-state index < -0.39 is 0 Å². The first-order valence-corrected chi connectivity index (χ1v) is 4.68. The van der Waals surface area contributed by atoms with Gasteiger partial charge in [0.25, 0.3) is 0 Å². The van der Waals surface area contributed by atoms with Gasteiger partial charge < -0.3 is 0 Å². The third-order valence-corrected chi connectivity index (χ3v) is 3.15. The van der Waals surface area contributed by atoms with Crippen LogP contribution < -0.4 is 0 Å². The van der Waals surface area contributed by atoms with Crippen molar-refractivity contribution in [1.29, 1.82) is 0 Å². The molecule has 3 nitrogen and oxygen atoms in total. The maximum Gasteiger partial charge on any atom is 0.138 e. The summed E-state index contributed by atoms with van der Waals surface area (Å²) in [6, 6.07) is 0. The molecule has 1 aromatic heterocycles. The van der Waals surface area contributed by atoms with Crippen LogP contribution in [0.3, 0.4) is 0 Å². The van der Waals surface area contributed by atoms with E-state index in [0.29, 0.717) is 5.41 Å². The van der Waals surface area contributed by atoms with Gasteiger partial charge in [0.15, 0.2) is 0 Å². The maximum atomic E-state index is 5.87. The zero-order valence-corrected chi connectivity index (χ0v) is 7.88. The zero-order valence-electron chi connectivity index (χ0n) is 7.13. The summed E-state index contributed by atoms with van der Waals surface area (Å²) in [5.41, 5.74) is 0.350. The molecule has 0 spiro atoms. The number of aromatic nitrogens is 3. The minimum absolute atomic E-state index is 0.350. The molecule has 0 radical (unpaired) electrons. The Morgan fingerprint density at radius 2 is 2.42 bits per heavy atom. The molecule has 0 N–H and O–H groups in total. The highest BCUT2D eigenvalue weighted by Gasteiger charge is 2.42. The Bertz CT molecular complexity index is 278. The Kier molecular flexibility index (Phi) is 1.83. The van der Waals surface area contributed by atoms with Crippen molar-refractivity contribution in [1.82, 2.24) is 14.8 Å². The van der Waals surface area contributed by atoms with Gasteiger partial charge in [-0.25, -0.2) is 4.98 Å². The van der Waals surface area contributed by atoms with Crippen molar-refractivity contribution in [2.24, 2.45) is 12.5 Å². The highest BCUT2D eigenvalue weighted by atomic mass is 35.5. The van der Waals surface area contributed by atoms with E-state index in [0.717, 1.165) is 18.1 Å². The summed E-state index contributed by atoms with van der Waals surface area (Å²) in [5, 5.41) is 4.03. The van der Waals surface area contributed by atoms with Crippen molar-refractivity contribution in [2.75, 3.05) is 5.88 Å². The van der Waals surface area contributed by atoms with Crippen molar-refractivity contribution in [3.8, 4) is 0 Å². The van der Waals surface area contributed by atoms with Gasteiger partial charge in [0, 0.05) is 19.3 Å². The standard InChI is InChI=1S/C8H12ClN3/c1-12-7(10-6-11-12)4-8(5-9)2-3-8/h6H,2-5H2,1H3. The van der Waals surface area contributed by atoms with Crippen LogP contribution in [0.4, 0.5) is 0 Å². The fraction of sp³-hybridized carbons (Fsp3) is 0.750. The Morgan fingerprint density at radius 3 is 2.83 bits per heavy atom. The number of nitrogens with zero attached hydrogens (tertiary/aromatic N) is 3. The van der Waals surface area contributed by atoms with Gasteiger partial charge in [-0.05, 0) is 18.3 Å². The SMILES string of the molecule is Cn1ncnc1CC1(CCl)CC1. The van der Waals surface area contributed by atoms with Gasteiger partial charge in [-0.3, -0.25) is 4.68 Å². The van der Waals surface area contributed by atoms with E-state index in [2.05, 4.69) is 10.1 Å². The van der Waals surface area contributed by atoms with Crippen LogP contribution in [0.1, 0.15) is 18.7 Å². The molecule has 0 amide bonds. The van der Waals surface area contributed by atoms with Gasteiger partial charge in [0.2, 0.25) is 0 Å². The maximum absolute atomic E-state index is 5.87. The van der Waals surface area contributed by atoms with Crippen LogP contribution in [0.2, 0.25) is 0 Å². The molecule has 0 aromatic carbocycles. The molecule has 1 aromatic rings. The van der Waals surface area contributed by atoms with Crippen LogP contribution in [-0.2, 0) is 13.5 Å². The van der Waals surface area contributed by atoms with Crippen LogP contribution >= 0.6 is 11.6 Å². The van der Waals surface area contributed by atoms with E-state index in [4.69, 9.17) is 11.6 Å². The van der Waals surface area contributed by atoms with E-state index in [-0.39, 0.29) is 0 Å². The summed E-state index contributed by atoms with van der Waals surface area (Å²) >= 11 is 5.87. The molecular weight excluding hydrogens is 174 g/mol. The lowest BCUT2D eigenvalue weighted by Crippen LogP contribution is -2.11. The minimum Gasteiger partial charge on any atom is -0.253 e. The molecule has 0 atom stereocenters.